The summed E-state index contributed by atoms with van der Waals surface area (Å²) in [7, 11) is 1.14. The Morgan fingerprint density at radius 2 is 1.13 bits per heavy atom. The second-order valence-electron chi connectivity index (χ2n) is 9.50. The molecule has 3 atom stereocenters. The molecule has 0 aromatic heterocycles. The highest BCUT2D eigenvalue weighted by atomic mass is 32.2. The number of carbonyl (C=O) groups is 8. The number of rotatable bonds is 15. The van der Waals surface area contributed by atoms with Crippen LogP contribution in [0.15, 0.2) is 48.5 Å². The van der Waals surface area contributed by atoms with Crippen molar-refractivity contribution in [2.24, 2.45) is 0 Å². The van der Waals surface area contributed by atoms with Gasteiger partial charge in [-0.15, -0.1) is 0 Å². The van der Waals surface area contributed by atoms with Crippen molar-refractivity contribution in [2.45, 2.75) is 38.9 Å². The normalized spacial score (nSPS) is 12.4. The highest BCUT2D eigenvalue weighted by Gasteiger charge is 2.28. The smallest absolute Gasteiger partial charge is 0.347 e. The fourth-order valence-corrected chi connectivity index (χ4v) is 5.82. The summed E-state index contributed by atoms with van der Waals surface area (Å²) >= 11 is 5.43. The van der Waals surface area contributed by atoms with Crippen LogP contribution in [0.1, 0.15) is 41.5 Å². The molecule has 0 aliphatic heterocycles. The molecule has 0 heterocycles. The summed E-state index contributed by atoms with van der Waals surface area (Å²) in [5, 5.41) is 6.18. The van der Waals surface area contributed by atoms with Gasteiger partial charge in [0.25, 0.3) is 0 Å². The molecular weight excluding hydrogens is 675 g/mol. The topological polar surface area (TPSA) is 200 Å². The van der Waals surface area contributed by atoms with Crippen LogP contribution in [0.25, 0.3) is 0 Å². The van der Waals surface area contributed by atoms with Gasteiger partial charge in [0.2, 0.25) is 28.0 Å². The fourth-order valence-electron chi connectivity index (χ4n) is 3.68. The molecule has 3 unspecified atom stereocenters. The minimum absolute atomic E-state index is 0.00858. The van der Waals surface area contributed by atoms with Gasteiger partial charge in [-0.1, -0.05) is 47.8 Å². The van der Waals surface area contributed by atoms with Crippen molar-refractivity contribution >= 4 is 82.0 Å². The van der Waals surface area contributed by atoms with Gasteiger partial charge in [-0.3, -0.25) is 24.0 Å². The van der Waals surface area contributed by atoms with E-state index in [1.807, 2.05) is 0 Å². The van der Waals surface area contributed by atoms with Crippen molar-refractivity contribution < 1.29 is 52.6 Å². The van der Waals surface area contributed by atoms with E-state index in [1.165, 1.54) is 69.3 Å². The maximum absolute atomic E-state index is 13.3. The molecule has 0 spiro atoms. The predicted molar refractivity (Wildman–Crippen MR) is 176 cm³/mol. The van der Waals surface area contributed by atoms with Crippen LogP contribution in [0.4, 0.5) is 0 Å². The lowest BCUT2D eigenvalue weighted by molar-refractivity contribution is -0.144. The summed E-state index contributed by atoms with van der Waals surface area (Å²) < 4.78 is 15.6. The molecule has 0 saturated heterocycles. The van der Waals surface area contributed by atoms with Crippen LogP contribution in [0.5, 0.6) is 11.5 Å². The van der Waals surface area contributed by atoms with Crippen LogP contribution in [0.3, 0.4) is 0 Å². The van der Waals surface area contributed by atoms with E-state index in [9.17, 15) is 38.4 Å². The molecule has 0 fully saturated rings. The number of amides is 3. The number of benzene rings is 2. The Kier molecular flexibility index (Phi) is 16.0. The Morgan fingerprint density at radius 3 is 1.66 bits per heavy atom. The summed E-state index contributed by atoms with van der Waals surface area (Å²) in [6.45, 7) is 3.61. The van der Waals surface area contributed by atoms with E-state index >= 15 is 0 Å². The monoisotopic (exact) mass is 707 g/mol. The van der Waals surface area contributed by atoms with E-state index < -0.39 is 64.0 Å². The number of nitrogens with one attached hydrogen (secondary N) is 3. The number of methoxy groups -OCH3 is 1. The summed E-state index contributed by atoms with van der Waals surface area (Å²) in [4.78, 5) is 98.6. The van der Waals surface area contributed by atoms with Gasteiger partial charge < -0.3 is 30.2 Å². The number of hydrogen-bond donors (Lipinski definition) is 4. The van der Waals surface area contributed by atoms with Crippen LogP contribution in [-0.2, 0) is 33.5 Å². The molecule has 47 heavy (non-hydrogen) atoms. The number of ether oxygens (including phenoxy) is 3. The van der Waals surface area contributed by atoms with E-state index in [0.29, 0.717) is 23.5 Å². The van der Waals surface area contributed by atoms with E-state index in [2.05, 4.69) is 33.3 Å². The van der Waals surface area contributed by atoms with Gasteiger partial charge in [-0.05, 0) is 24.3 Å². The molecule has 17 heteroatoms. The van der Waals surface area contributed by atoms with Crippen molar-refractivity contribution in [3.8, 4) is 11.5 Å². The molecule has 3 amide bonds. The Balaban J connectivity index is 2.21. The molecule has 0 aliphatic carbocycles. The standard InChI is InChI=1S/C30H33N3O11S3/c1-16(34)31-21(13-45)30(41)47-15-23(33-18(3)36)28(39)44-24-11-7-5-9-19(24)26(37)43-25-12-8-6-10-20(25)29(40)46-14-22(27(38)42-4)32-17(2)35/h5-12,21-23,45H,13-15H2,1-4H3,(H,31,34)(H,32,35)(H,33,36). The summed E-state index contributed by atoms with van der Waals surface area (Å²) in [5.74, 6) is -5.02. The van der Waals surface area contributed by atoms with Crippen LogP contribution in [0, 0.1) is 0 Å². The lowest BCUT2D eigenvalue weighted by Crippen LogP contribution is -2.45. The molecule has 3 N–H and O–H groups in total. The third kappa shape index (κ3) is 12.8. The zero-order valence-electron chi connectivity index (χ0n) is 25.7. The first kappa shape index (κ1) is 38.8. The predicted octanol–water partition coefficient (Wildman–Crippen LogP) is 1.56. The van der Waals surface area contributed by atoms with Crippen LogP contribution in [-0.4, -0.2) is 88.4 Å². The molecule has 0 saturated carbocycles. The van der Waals surface area contributed by atoms with Gasteiger partial charge in [-0.2, -0.15) is 12.6 Å². The molecule has 252 valence electrons. The third-order valence-corrected chi connectivity index (χ3v) is 8.19. The van der Waals surface area contributed by atoms with Gasteiger partial charge in [0, 0.05) is 38.0 Å². The number of carbonyl (C=O) groups excluding carboxylic acids is 8. The molecule has 2 rings (SSSR count). The zero-order chi connectivity index (χ0) is 35.1. The van der Waals surface area contributed by atoms with Crippen molar-refractivity contribution in [1.82, 2.24) is 16.0 Å². The number of thioether (sulfide) groups is 2. The lowest BCUT2D eigenvalue weighted by Gasteiger charge is -2.19. The van der Waals surface area contributed by atoms with Crippen molar-refractivity contribution in [3.63, 3.8) is 0 Å². The Bertz CT molecular complexity index is 1520. The van der Waals surface area contributed by atoms with Crippen molar-refractivity contribution in [3.05, 3.63) is 59.7 Å². The molecule has 0 aliphatic rings. The third-order valence-electron chi connectivity index (χ3n) is 5.77. The Labute approximate surface area is 284 Å². The Hall–Kier alpha value is -4.35. The van der Waals surface area contributed by atoms with E-state index in [0.717, 1.165) is 7.11 Å². The fraction of sp³-hybridized carbons (Fsp3) is 0.333. The molecule has 14 nitrogen and oxygen atoms in total. The maximum Gasteiger partial charge on any atom is 0.347 e. The maximum atomic E-state index is 13.3. The number of para-hydroxylation sites is 2. The van der Waals surface area contributed by atoms with Gasteiger partial charge in [-0.25, -0.2) is 14.4 Å². The van der Waals surface area contributed by atoms with Gasteiger partial charge >= 0.3 is 17.9 Å². The second-order valence-corrected chi connectivity index (χ2v) is 11.9. The first-order valence-corrected chi connectivity index (χ1v) is 16.3. The largest absolute Gasteiger partial charge is 0.467 e. The first-order valence-electron chi connectivity index (χ1n) is 13.7. The van der Waals surface area contributed by atoms with Gasteiger partial charge in [0.15, 0.2) is 0 Å². The van der Waals surface area contributed by atoms with Crippen LogP contribution in [0.2, 0.25) is 0 Å². The highest BCUT2D eigenvalue weighted by Crippen LogP contribution is 2.27. The van der Waals surface area contributed by atoms with E-state index in [1.54, 1.807) is 0 Å². The second kappa shape index (κ2) is 19.3. The average molecular weight is 708 g/mol. The molecule has 0 bridgehead atoms. The highest BCUT2D eigenvalue weighted by molar-refractivity contribution is 8.14. The molecular formula is C30H33N3O11S3. The van der Waals surface area contributed by atoms with Crippen LogP contribution < -0.4 is 25.4 Å². The van der Waals surface area contributed by atoms with E-state index in [-0.39, 0.29) is 39.9 Å². The summed E-state index contributed by atoms with van der Waals surface area (Å²) in [5.41, 5.74) is -0.212. The Morgan fingerprint density at radius 1 is 0.660 bits per heavy atom. The van der Waals surface area contributed by atoms with E-state index in [4.69, 9.17) is 9.47 Å². The molecule has 2 aromatic rings. The molecule has 0 radical (unpaired) electrons. The van der Waals surface area contributed by atoms with Crippen molar-refractivity contribution in [2.75, 3.05) is 24.4 Å². The molecule has 2 aromatic carbocycles. The lowest BCUT2D eigenvalue weighted by atomic mass is 10.2. The van der Waals surface area contributed by atoms with Gasteiger partial charge in [0.1, 0.15) is 35.2 Å². The number of esters is 3. The summed E-state index contributed by atoms with van der Waals surface area (Å²) in [6, 6.07) is 8.08. The summed E-state index contributed by atoms with van der Waals surface area (Å²) in [6.07, 6.45) is 0. The quantitative estimate of drug-likeness (QED) is 0.118. The van der Waals surface area contributed by atoms with Gasteiger partial charge in [0.05, 0.1) is 12.7 Å². The minimum Gasteiger partial charge on any atom is -0.467 e. The van der Waals surface area contributed by atoms with Crippen molar-refractivity contribution in [1.29, 1.82) is 0 Å². The minimum atomic E-state index is -1.31. The average Bonchev–Trinajstić information content (AvgIpc) is 3.03. The SMILES string of the molecule is COC(=O)C(CSC(=O)c1ccccc1OC(=O)c1ccccc1OC(=O)C(CSC(=O)C(CS)NC(C)=O)NC(C)=O)NC(C)=O. The zero-order valence-corrected chi connectivity index (χ0v) is 28.3. The number of hydrogen-bond acceptors (Lipinski definition) is 14. The first-order chi connectivity index (χ1) is 22.3. The number of thiol groups is 1. The van der Waals surface area contributed by atoms with Crippen LogP contribution >= 0.6 is 36.2 Å².